The van der Waals surface area contributed by atoms with E-state index in [-0.39, 0.29) is 5.92 Å². The summed E-state index contributed by atoms with van der Waals surface area (Å²) in [6, 6.07) is 7.73. The van der Waals surface area contributed by atoms with E-state index in [2.05, 4.69) is 0 Å². The molecule has 2 rings (SSSR count). The van der Waals surface area contributed by atoms with E-state index >= 15 is 0 Å². The van der Waals surface area contributed by atoms with Crippen LogP contribution in [0.2, 0.25) is 0 Å². The van der Waals surface area contributed by atoms with Crippen LogP contribution in [0.5, 0.6) is 0 Å². The lowest BCUT2D eigenvalue weighted by Crippen LogP contribution is -2.29. The Kier molecular flexibility index (Phi) is 3.79. The number of benzene rings is 1. The first-order valence-corrected chi connectivity index (χ1v) is 6.06. The van der Waals surface area contributed by atoms with Crippen LogP contribution in [0.1, 0.15) is 29.9 Å². The zero-order valence-electron chi connectivity index (χ0n) is 10.1. The van der Waals surface area contributed by atoms with Crippen LogP contribution in [-0.4, -0.2) is 24.3 Å². The lowest BCUT2D eigenvalue weighted by Gasteiger charge is -2.28. The molecule has 0 spiro atoms. The van der Waals surface area contributed by atoms with Crippen LogP contribution >= 0.6 is 0 Å². The molecule has 1 heterocycles. The van der Waals surface area contributed by atoms with Crippen molar-refractivity contribution in [3.8, 4) is 0 Å². The van der Waals surface area contributed by atoms with E-state index in [9.17, 15) is 9.90 Å². The molecule has 1 N–H and O–H groups in total. The van der Waals surface area contributed by atoms with Gasteiger partial charge in [-0.05, 0) is 36.8 Å². The van der Waals surface area contributed by atoms with Gasteiger partial charge in [-0.25, -0.2) is 0 Å². The highest BCUT2D eigenvalue weighted by Crippen LogP contribution is 2.32. The van der Waals surface area contributed by atoms with Crippen LogP contribution in [0.3, 0.4) is 0 Å². The summed E-state index contributed by atoms with van der Waals surface area (Å²) in [5, 5.41) is 9.45. The maximum absolute atomic E-state index is 11.5. The second-order valence-corrected chi connectivity index (χ2v) is 4.65. The molecule has 2 atom stereocenters. The standard InChI is InChI=1S/C14H18O3/c1-10-5-2-3-7-12(10)13(14(15)16)11-6-4-8-17-9-11/h2-3,5,7,11,13H,4,6,8-9H2,1H3,(H,15,16). The maximum atomic E-state index is 11.5. The highest BCUT2D eigenvalue weighted by atomic mass is 16.5. The fourth-order valence-corrected chi connectivity index (χ4v) is 2.55. The summed E-state index contributed by atoms with van der Waals surface area (Å²) in [5.41, 5.74) is 1.97. The monoisotopic (exact) mass is 234 g/mol. The Morgan fingerprint density at radius 1 is 1.47 bits per heavy atom. The van der Waals surface area contributed by atoms with E-state index < -0.39 is 11.9 Å². The van der Waals surface area contributed by atoms with Gasteiger partial charge in [-0.3, -0.25) is 4.79 Å². The van der Waals surface area contributed by atoms with Crippen molar-refractivity contribution in [1.29, 1.82) is 0 Å². The zero-order valence-corrected chi connectivity index (χ0v) is 10.1. The Morgan fingerprint density at radius 2 is 2.24 bits per heavy atom. The minimum Gasteiger partial charge on any atom is -0.481 e. The molecule has 0 bridgehead atoms. The Bertz CT molecular complexity index is 394. The number of carboxylic acid groups (broad SMARTS) is 1. The smallest absolute Gasteiger partial charge is 0.311 e. The molecule has 3 nitrogen and oxygen atoms in total. The number of rotatable bonds is 3. The van der Waals surface area contributed by atoms with E-state index in [4.69, 9.17) is 4.74 Å². The average Bonchev–Trinajstić information content (AvgIpc) is 2.33. The molecular formula is C14H18O3. The number of aryl methyl sites for hydroxylation is 1. The van der Waals surface area contributed by atoms with Crippen LogP contribution in [-0.2, 0) is 9.53 Å². The average molecular weight is 234 g/mol. The third kappa shape index (κ3) is 2.67. The van der Waals surface area contributed by atoms with Gasteiger partial charge in [-0.1, -0.05) is 24.3 Å². The summed E-state index contributed by atoms with van der Waals surface area (Å²) >= 11 is 0. The van der Waals surface area contributed by atoms with E-state index in [1.165, 1.54) is 0 Å². The Morgan fingerprint density at radius 3 is 2.82 bits per heavy atom. The number of aliphatic carboxylic acids is 1. The minimum absolute atomic E-state index is 0.0994. The molecule has 0 aliphatic carbocycles. The Hall–Kier alpha value is -1.35. The molecule has 1 saturated heterocycles. The maximum Gasteiger partial charge on any atom is 0.311 e. The van der Waals surface area contributed by atoms with Gasteiger partial charge in [0.15, 0.2) is 0 Å². The molecule has 1 aromatic carbocycles. The molecule has 0 radical (unpaired) electrons. The lowest BCUT2D eigenvalue weighted by atomic mass is 9.81. The van der Waals surface area contributed by atoms with E-state index in [1.54, 1.807) is 0 Å². The largest absolute Gasteiger partial charge is 0.481 e. The van der Waals surface area contributed by atoms with Crippen LogP contribution < -0.4 is 0 Å². The molecule has 1 aliphatic heterocycles. The van der Waals surface area contributed by atoms with Gasteiger partial charge in [0.2, 0.25) is 0 Å². The van der Waals surface area contributed by atoms with Gasteiger partial charge < -0.3 is 9.84 Å². The summed E-state index contributed by atoms with van der Waals surface area (Å²) in [6.07, 6.45) is 1.89. The number of carbonyl (C=O) groups is 1. The van der Waals surface area contributed by atoms with Crippen molar-refractivity contribution in [2.75, 3.05) is 13.2 Å². The molecular weight excluding hydrogens is 216 g/mol. The topological polar surface area (TPSA) is 46.5 Å². The second-order valence-electron chi connectivity index (χ2n) is 4.65. The highest BCUT2D eigenvalue weighted by molar-refractivity contribution is 5.77. The third-order valence-electron chi connectivity index (χ3n) is 3.46. The summed E-state index contributed by atoms with van der Waals surface area (Å²) in [4.78, 5) is 11.5. The van der Waals surface area contributed by atoms with Gasteiger partial charge in [-0.15, -0.1) is 0 Å². The molecule has 3 heteroatoms. The molecule has 0 saturated carbocycles. The highest BCUT2D eigenvalue weighted by Gasteiger charge is 2.32. The van der Waals surface area contributed by atoms with E-state index in [0.29, 0.717) is 6.61 Å². The predicted molar refractivity (Wildman–Crippen MR) is 65.1 cm³/mol. The molecule has 92 valence electrons. The number of hydrogen-bond donors (Lipinski definition) is 1. The first-order chi connectivity index (χ1) is 8.20. The predicted octanol–water partition coefficient (Wildman–Crippen LogP) is 2.59. The van der Waals surface area contributed by atoms with Crippen molar-refractivity contribution in [2.24, 2.45) is 5.92 Å². The van der Waals surface area contributed by atoms with Gasteiger partial charge in [0, 0.05) is 6.61 Å². The SMILES string of the molecule is Cc1ccccc1C(C(=O)O)C1CCCOC1. The van der Waals surface area contributed by atoms with Crippen LogP contribution in [0.4, 0.5) is 0 Å². The first-order valence-electron chi connectivity index (χ1n) is 6.06. The van der Waals surface area contributed by atoms with Crippen molar-refractivity contribution in [1.82, 2.24) is 0 Å². The van der Waals surface area contributed by atoms with Crippen LogP contribution in [0, 0.1) is 12.8 Å². The molecule has 17 heavy (non-hydrogen) atoms. The fraction of sp³-hybridized carbons (Fsp3) is 0.500. The van der Waals surface area contributed by atoms with Crippen molar-refractivity contribution in [3.63, 3.8) is 0 Å². The Labute approximate surface area is 101 Å². The Balaban J connectivity index is 2.28. The summed E-state index contributed by atoms with van der Waals surface area (Å²) in [6.45, 7) is 3.29. The van der Waals surface area contributed by atoms with Gasteiger partial charge in [0.1, 0.15) is 0 Å². The molecule has 0 amide bonds. The van der Waals surface area contributed by atoms with Gasteiger partial charge in [0.25, 0.3) is 0 Å². The molecule has 2 unspecified atom stereocenters. The number of ether oxygens (including phenoxy) is 1. The van der Waals surface area contributed by atoms with Crippen LogP contribution in [0.15, 0.2) is 24.3 Å². The number of hydrogen-bond acceptors (Lipinski definition) is 2. The van der Waals surface area contributed by atoms with Crippen molar-refractivity contribution >= 4 is 5.97 Å². The van der Waals surface area contributed by atoms with Gasteiger partial charge in [-0.2, -0.15) is 0 Å². The van der Waals surface area contributed by atoms with Crippen molar-refractivity contribution in [2.45, 2.75) is 25.7 Å². The van der Waals surface area contributed by atoms with Gasteiger partial charge in [0.05, 0.1) is 12.5 Å². The number of carboxylic acids is 1. The first kappa shape index (κ1) is 12.1. The van der Waals surface area contributed by atoms with Crippen LogP contribution in [0.25, 0.3) is 0 Å². The van der Waals surface area contributed by atoms with Crippen molar-refractivity contribution < 1.29 is 14.6 Å². The summed E-state index contributed by atoms with van der Waals surface area (Å²) in [7, 11) is 0. The summed E-state index contributed by atoms with van der Waals surface area (Å²) in [5.74, 6) is -1.08. The van der Waals surface area contributed by atoms with E-state index in [1.807, 2.05) is 31.2 Å². The quantitative estimate of drug-likeness (QED) is 0.874. The van der Waals surface area contributed by atoms with Crippen molar-refractivity contribution in [3.05, 3.63) is 35.4 Å². The van der Waals surface area contributed by atoms with Gasteiger partial charge >= 0.3 is 5.97 Å². The molecule has 1 fully saturated rings. The second kappa shape index (κ2) is 5.32. The molecule has 0 aromatic heterocycles. The minimum atomic E-state index is -0.741. The molecule has 1 aromatic rings. The molecule has 1 aliphatic rings. The third-order valence-corrected chi connectivity index (χ3v) is 3.46. The zero-order chi connectivity index (χ0) is 12.3. The lowest BCUT2D eigenvalue weighted by molar-refractivity contribution is -0.141. The summed E-state index contributed by atoms with van der Waals surface area (Å²) < 4.78 is 5.41. The fourth-order valence-electron chi connectivity index (χ4n) is 2.55. The van der Waals surface area contributed by atoms with E-state index in [0.717, 1.165) is 30.6 Å². The normalized spacial score (nSPS) is 22.1.